The quantitative estimate of drug-likeness (QED) is 0.347. The topological polar surface area (TPSA) is 9.23 Å². The normalized spacial score (nSPS) is 13.6. The van der Waals surface area contributed by atoms with E-state index in [1.165, 1.54) is 5.57 Å². The number of hydrogen-bond donors (Lipinski definition) is 0. The van der Waals surface area contributed by atoms with Gasteiger partial charge in [-0.05, 0) is 18.4 Å². The van der Waals surface area contributed by atoms with E-state index in [4.69, 9.17) is 4.74 Å². The van der Waals surface area contributed by atoms with Gasteiger partial charge >= 0.3 is 0 Å². The van der Waals surface area contributed by atoms with Crippen LogP contribution in [0.4, 0.5) is 0 Å². The van der Waals surface area contributed by atoms with E-state index in [1.807, 2.05) is 6.08 Å². The van der Waals surface area contributed by atoms with Crippen LogP contribution in [-0.4, -0.2) is 23.4 Å². The third kappa shape index (κ3) is 8.00. The van der Waals surface area contributed by atoms with E-state index in [0.717, 1.165) is 23.5 Å². The zero-order valence-corrected chi connectivity index (χ0v) is 12.1. The van der Waals surface area contributed by atoms with Crippen LogP contribution < -0.4 is 0 Å². The first-order valence-electron chi connectivity index (χ1n) is 4.96. The predicted molar refractivity (Wildman–Crippen MR) is 75.0 cm³/mol. The standard InChI is InChI=1S/C12H18Br2O/c1-3-8-15-12(6-5-7-13)9-11(4-2)10-14/h3-4,9,12H,1-2,5-8,10H2/b11-9+. The highest BCUT2D eigenvalue weighted by molar-refractivity contribution is 9.09. The van der Waals surface area contributed by atoms with Crippen molar-refractivity contribution in [2.24, 2.45) is 0 Å². The molecule has 0 bridgehead atoms. The highest BCUT2D eigenvalue weighted by atomic mass is 79.9. The van der Waals surface area contributed by atoms with Gasteiger partial charge in [0.1, 0.15) is 0 Å². The van der Waals surface area contributed by atoms with Gasteiger partial charge in [0, 0.05) is 10.7 Å². The zero-order valence-electron chi connectivity index (χ0n) is 8.92. The average molecular weight is 338 g/mol. The lowest BCUT2D eigenvalue weighted by molar-refractivity contribution is 0.102. The molecule has 0 N–H and O–H groups in total. The van der Waals surface area contributed by atoms with Gasteiger partial charge in [-0.3, -0.25) is 0 Å². The monoisotopic (exact) mass is 336 g/mol. The van der Waals surface area contributed by atoms with Crippen molar-refractivity contribution in [1.29, 1.82) is 0 Å². The molecule has 0 rings (SSSR count). The lowest BCUT2D eigenvalue weighted by Crippen LogP contribution is -2.11. The average Bonchev–Trinajstić information content (AvgIpc) is 2.28. The molecule has 15 heavy (non-hydrogen) atoms. The molecule has 0 aliphatic carbocycles. The molecule has 1 atom stereocenters. The second-order valence-corrected chi connectivity index (χ2v) is 4.42. The van der Waals surface area contributed by atoms with Gasteiger partial charge in [0.05, 0.1) is 12.7 Å². The summed E-state index contributed by atoms with van der Waals surface area (Å²) in [5.74, 6) is 0. The SMILES string of the molecule is C=CCOC(/C=C(\C=C)CBr)CCCBr. The van der Waals surface area contributed by atoms with Crippen LogP contribution in [0.1, 0.15) is 12.8 Å². The summed E-state index contributed by atoms with van der Waals surface area (Å²) in [5.41, 5.74) is 1.17. The van der Waals surface area contributed by atoms with Gasteiger partial charge < -0.3 is 4.74 Å². The Morgan fingerprint density at radius 1 is 1.33 bits per heavy atom. The molecule has 0 saturated carbocycles. The Kier molecular flexibility index (Phi) is 10.8. The number of hydrogen-bond acceptors (Lipinski definition) is 1. The van der Waals surface area contributed by atoms with E-state index in [2.05, 4.69) is 51.1 Å². The zero-order chi connectivity index (χ0) is 11.5. The van der Waals surface area contributed by atoms with E-state index in [0.29, 0.717) is 6.61 Å². The number of halogens is 2. The first kappa shape index (κ1) is 15.1. The third-order valence-corrected chi connectivity index (χ3v) is 3.08. The van der Waals surface area contributed by atoms with Crippen LogP contribution >= 0.6 is 31.9 Å². The van der Waals surface area contributed by atoms with E-state index < -0.39 is 0 Å². The number of allylic oxidation sites excluding steroid dienone is 2. The van der Waals surface area contributed by atoms with Crippen LogP contribution in [0, 0.1) is 0 Å². The molecule has 3 heteroatoms. The summed E-state index contributed by atoms with van der Waals surface area (Å²) >= 11 is 6.84. The van der Waals surface area contributed by atoms with Crippen molar-refractivity contribution in [3.8, 4) is 0 Å². The second kappa shape index (κ2) is 10.7. The van der Waals surface area contributed by atoms with Gasteiger partial charge in [0.15, 0.2) is 0 Å². The van der Waals surface area contributed by atoms with E-state index in [-0.39, 0.29) is 6.10 Å². The van der Waals surface area contributed by atoms with Crippen molar-refractivity contribution in [2.45, 2.75) is 18.9 Å². The lowest BCUT2D eigenvalue weighted by Gasteiger charge is -2.13. The highest BCUT2D eigenvalue weighted by Gasteiger charge is 2.05. The molecule has 0 aromatic heterocycles. The van der Waals surface area contributed by atoms with Crippen LogP contribution in [0.5, 0.6) is 0 Å². The molecule has 0 aromatic rings. The van der Waals surface area contributed by atoms with Crippen LogP contribution in [0.2, 0.25) is 0 Å². The third-order valence-electron chi connectivity index (χ3n) is 1.87. The Labute approximate surface area is 110 Å². The van der Waals surface area contributed by atoms with Gasteiger partial charge in [-0.15, -0.1) is 6.58 Å². The summed E-state index contributed by atoms with van der Waals surface area (Å²) in [4.78, 5) is 0. The lowest BCUT2D eigenvalue weighted by atomic mass is 10.1. The molecule has 0 spiro atoms. The molecule has 0 saturated heterocycles. The molecule has 0 aliphatic heterocycles. The first-order chi connectivity index (χ1) is 7.28. The van der Waals surface area contributed by atoms with Crippen LogP contribution in [0.15, 0.2) is 37.0 Å². The molecule has 0 fully saturated rings. The van der Waals surface area contributed by atoms with Crippen molar-refractivity contribution >= 4 is 31.9 Å². The van der Waals surface area contributed by atoms with Crippen molar-refractivity contribution in [3.63, 3.8) is 0 Å². The van der Waals surface area contributed by atoms with Crippen molar-refractivity contribution in [3.05, 3.63) is 37.0 Å². The minimum Gasteiger partial charge on any atom is -0.370 e. The first-order valence-corrected chi connectivity index (χ1v) is 7.20. The van der Waals surface area contributed by atoms with Crippen LogP contribution in [0.3, 0.4) is 0 Å². The van der Waals surface area contributed by atoms with E-state index in [1.54, 1.807) is 6.08 Å². The van der Waals surface area contributed by atoms with E-state index in [9.17, 15) is 0 Å². The summed E-state index contributed by atoms with van der Waals surface area (Å²) in [6.45, 7) is 8.00. The molecule has 0 heterocycles. The minimum absolute atomic E-state index is 0.158. The van der Waals surface area contributed by atoms with Crippen molar-refractivity contribution in [2.75, 3.05) is 17.3 Å². The molecule has 0 amide bonds. The molecule has 1 unspecified atom stereocenters. The maximum Gasteiger partial charge on any atom is 0.0766 e. The predicted octanol–water partition coefficient (Wildman–Crippen LogP) is 4.24. The Bertz CT molecular complexity index is 212. The number of ether oxygens (including phenoxy) is 1. The largest absolute Gasteiger partial charge is 0.370 e. The van der Waals surface area contributed by atoms with Crippen LogP contribution in [0.25, 0.3) is 0 Å². The van der Waals surface area contributed by atoms with Crippen molar-refractivity contribution < 1.29 is 4.74 Å². The second-order valence-electron chi connectivity index (χ2n) is 3.07. The van der Waals surface area contributed by atoms with Crippen molar-refractivity contribution in [1.82, 2.24) is 0 Å². The fraction of sp³-hybridized carbons (Fsp3) is 0.500. The summed E-state index contributed by atoms with van der Waals surface area (Å²) in [6.07, 6.45) is 8.03. The summed E-state index contributed by atoms with van der Waals surface area (Å²) in [7, 11) is 0. The van der Waals surface area contributed by atoms with Gasteiger partial charge in [-0.2, -0.15) is 0 Å². The Morgan fingerprint density at radius 3 is 2.53 bits per heavy atom. The van der Waals surface area contributed by atoms with Gasteiger partial charge in [0.2, 0.25) is 0 Å². The van der Waals surface area contributed by atoms with Crippen LogP contribution in [-0.2, 0) is 4.74 Å². The Balaban J connectivity index is 4.25. The smallest absolute Gasteiger partial charge is 0.0766 e. The number of alkyl halides is 2. The number of rotatable bonds is 9. The fourth-order valence-corrected chi connectivity index (χ4v) is 1.83. The molecule has 0 aromatic carbocycles. The molecule has 0 radical (unpaired) electrons. The van der Waals surface area contributed by atoms with Gasteiger partial charge in [-0.25, -0.2) is 0 Å². The Hall–Kier alpha value is 0.140. The van der Waals surface area contributed by atoms with Gasteiger partial charge in [0.25, 0.3) is 0 Å². The fourth-order valence-electron chi connectivity index (χ4n) is 1.09. The molecule has 86 valence electrons. The molecule has 0 aliphatic rings. The maximum absolute atomic E-state index is 5.64. The maximum atomic E-state index is 5.64. The van der Waals surface area contributed by atoms with Gasteiger partial charge in [-0.1, -0.05) is 56.7 Å². The molecular formula is C12H18Br2O. The summed E-state index contributed by atoms with van der Waals surface area (Å²) < 4.78 is 5.64. The molecular weight excluding hydrogens is 320 g/mol. The summed E-state index contributed by atoms with van der Waals surface area (Å²) in [5, 5.41) is 1.82. The Morgan fingerprint density at radius 2 is 2.07 bits per heavy atom. The summed E-state index contributed by atoms with van der Waals surface area (Å²) in [6, 6.07) is 0. The highest BCUT2D eigenvalue weighted by Crippen LogP contribution is 2.11. The molecule has 1 nitrogen and oxygen atoms in total. The minimum atomic E-state index is 0.158. The van der Waals surface area contributed by atoms with E-state index >= 15 is 0 Å².